The molecule has 1 aliphatic rings. The van der Waals surface area contributed by atoms with Crippen LogP contribution < -0.4 is 10.0 Å². The number of pyridine rings is 2. The second-order valence-electron chi connectivity index (χ2n) is 9.72. The summed E-state index contributed by atoms with van der Waals surface area (Å²) in [7, 11) is 0. The summed E-state index contributed by atoms with van der Waals surface area (Å²) in [6.45, 7) is 6.84. The zero-order valence-electron chi connectivity index (χ0n) is 21.8. The minimum absolute atomic E-state index is 0.173. The summed E-state index contributed by atoms with van der Waals surface area (Å²) in [5.41, 5.74) is 3.53. The largest absolute Gasteiger partial charge is 0.433 e. The molecule has 0 fully saturated rings. The average Bonchev–Trinajstić information content (AvgIpc) is 2.93. The van der Waals surface area contributed by atoms with E-state index in [9.17, 15) is 17.6 Å². The van der Waals surface area contributed by atoms with Gasteiger partial charge in [-0.25, -0.2) is 4.39 Å². The van der Waals surface area contributed by atoms with E-state index in [2.05, 4.69) is 39.4 Å². The number of anilines is 1. The van der Waals surface area contributed by atoms with Gasteiger partial charge in [0.15, 0.2) is 0 Å². The van der Waals surface area contributed by atoms with Crippen LogP contribution in [-0.4, -0.2) is 22.7 Å². The smallest absolute Gasteiger partial charge is 0.355 e. The van der Waals surface area contributed by atoms with E-state index in [1.807, 2.05) is 25.1 Å². The van der Waals surface area contributed by atoms with Crippen molar-refractivity contribution in [3.05, 3.63) is 119 Å². The van der Waals surface area contributed by atoms with Crippen LogP contribution in [0.2, 0.25) is 0 Å². The van der Waals surface area contributed by atoms with Crippen LogP contribution in [0.4, 0.5) is 23.2 Å². The van der Waals surface area contributed by atoms with Crippen molar-refractivity contribution in [2.75, 3.05) is 11.9 Å². The Bertz CT molecular complexity index is 1460. The van der Waals surface area contributed by atoms with Crippen LogP contribution >= 0.6 is 12.8 Å². The first-order valence-electron chi connectivity index (χ1n) is 12.5. The molecule has 5 nitrogen and oxygen atoms in total. The van der Waals surface area contributed by atoms with Crippen molar-refractivity contribution >= 4 is 30.3 Å². The minimum Gasteiger partial charge on any atom is -0.355 e. The lowest BCUT2D eigenvalue weighted by molar-refractivity contribution is -0.141. The van der Waals surface area contributed by atoms with Crippen molar-refractivity contribution in [3.8, 4) is 0 Å². The molecule has 4 rings (SSSR count). The Labute approximate surface area is 236 Å². The van der Waals surface area contributed by atoms with Gasteiger partial charge in [-0.1, -0.05) is 25.0 Å². The third kappa shape index (κ3) is 6.51. The summed E-state index contributed by atoms with van der Waals surface area (Å²) < 4.78 is 57.1. The van der Waals surface area contributed by atoms with Gasteiger partial charge in [-0.3, -0.25) is 14.7 Å². The molecule has 0 aliphatic heterocycles. The highest BCUT2D eigenvalue weighted by molar-refractivity contribution is 7.78. The number of rotatable bonds is 10. The molecule has 3 aromatic rings. The van der Waals surface area contributed by atoms with Crippen molar-refractivity contribution in [1.82, 2.24) is 14.7 Å². The van der Waals surface area contributed by atoms with Gasteiger partial charge in [-0.2, -0.15) is 13.2 Å². The number of allylic oxidation sites excluding steroid dienone is 3. The lowest BCUT2D eigenvalue weighted by Crippen LogP contribution is -2.34. The number of nitrogens with one attached hydrogen (secondary N) is 3. The van der Waals surface area contributed by atoms with Crippen LogP contribution in [0.1, 0.15) is 35.4 Å². The molecule has 3 N–H and O–H groups in total. The van der Waals surface area contributed by atoms with Gasteiger partial charge in [0.25, 0.3) is 0 Å². The predicted molar refractivity (Wildman–Crippen MR) is 154 cm³/mol. The molecule has 0 radical (unpaired) electrons. The molecule has 0 spiro atoms. The lowest BCUT2D eigenvalue weighted by Gasteiger charge is -2.42. The topological polar surface area (TPSA) is 73.7 Å². The predicted octanol–water partition coefficient (Wildman–Crippen LogP) is 7.36. The van der Waals surface area contributed by atoms with Crippen LogP contribution in [0, 0.1) is 23.6 Å². The van der Waals surface area contributed by atoms with Crippen molar-refractivity contribution < 1.29 is 17.6 Å². The molecular weight excluding hydrogens is 538 g/mol. The van der Waals surface area contributed by atoms with Gasteiger partial charge < -0.3 is 10.7 Å². The maximum atomic E-state index is 13.6. The van der Waals surface area contributed by atoms with Crippen molar-refractivity contribution in [3.63, 3.8) is 0 Å². The van der Waals surface area contributed by atoms with Gasteiger partial charge in [0.1, 0.15) is 11.5 Å². The normalized spacial score (nSPS) is 17.4. The molecule has 2 aromatic heterocycles. The Morgan fingerprint density at radius 1 is 1.12 bits per heavy atom. The molecule has 1 atom stereocenters. The van der Waals surface area contributed by atoms with E-state index in [1.165, 1.54) is 18.3 Å². The Morgan fingerprint density at radius 2 is 1.85 bits per heavy atom. The summed E-state index contributed by atoms with van der Waals surface area (Å²) in [5, 5.41) is 11.5. The lowest BCUT2D eigenvalue weighted by atomic mass is 9.62. The maximum absolute atomic E-state index is 13.6. The fraction of sp³-hybridized carbons (Fsp3) is 0.233. The summed E-state index contributed by atoms with van der Waals surface area (Å²) in [5.74, 6) is -0.372. The fourth-order valence-corrected chi connectivity index (χ4v) is 5.10. The molecule has 0 amide bonds. The van der Waals surface area contributed by atoms with Gasteiger partial charge in [0.2, 0.25) is 0 Å². The third-order valence-electron chi connectivity index (χ3n) is 7.00. The number of nitrogens with zero attached hydrogens (tertiary/aromatic N) is 2. The van der Waals surface area contributed by atoms with Gasteiger partial charge >= 0.3 is 6.18 Å². The monoisotopic (exact) mass is 567 g/mol. The first-order valence-corrected chi connectivity index (χ1v) is 13.0. The number of alkyl halides is 3. The molecule has 1 unspecified atom stereocenters. The number of thiol groups is 1. The van der Waals surface area contributed by atoms with Crippen LogP contribution in [0.25, 0.3) is 5.57 Å². The highest BCUT2D eigenvalue weighted by Crippen LogP contribution is 2.52. The molecule has 1 aliphatic carbocycles. The van der Waals surface area contributed by atoms with E-state index in [4.69, 9.17) is 5.41 Å². The molecule has 208 valence electrons. The fourth-order valence-electron chi connectivity index (χ4n) is 4.99. The minimum atomic E-state index is -4.59. The number of hydrogen-bond donors (Lipinski definition) is 4. The van der Waals surface area contributed by atoms with Crippen LogP contribution in [0.5, 0.6) is 0 Å². The number of aryl methyl sites for hydroxylation is 1. The average molecular weight is 568 g/mol. The zero-order chi connectivity index (χ0) is 28.9. The van der Waals surface area contributed by atoms with Crippen LogP contribution in [0.15, 0.2) is 90.4 Å². The molecule has 0 saturated heterocycles. The quantitative estimate of drug-likeness (QED) is 0.117. The second-order valence-corrected chi connectivity index (χ2v) is 10.0. The molecule has 0 saturated carbocycles. The molecule has 0 bridgehead atoms. The van der Waals surface area contributed by atoms with E-state index in [-0.39, 0.29) is 18.7 Å². The highest BCUT2D eigenvalue weighted by atomic mass is 32.1. The van der Waals surface area contributed by atoms with E-state index in [0.717, 1.165) is 23.4 Å². The third-order valence-corrected chi connectivity index (χ3v) is 7.22. The molecule has 1 aromatic carbocycles. The zero-order valence-corrected chi connectivity index (χ0v) is 22.7. The molecule has 10 heteroatoms. The van der Waals surface area contributed by atoms with Gasteiger partial charge in [0, 0.05) is 42.0 Å². The summed E-state index contributed by atoms with van der Waals surface area (Å²) in [6.07, 6.45) is 2.32. The first-order chi connectivity index (χ1) is 19.1. The standard InChI is InChI=1S/C30H29F4N5S/c1-19-7-10-36-26(13-19)20(2)29(16-21-8-11-37-28(14-21)30(32,33)34)17-22(18-35)27(15-23(29)9-12-38-40)39-25-5-3-24(31)4-6-25/h3-8,10-11,13-15,18,35,38-40H,2,9,12,16-17H2,1H3. The van der Waals surface area contributed by atoms with Gasteiger partial charge in [-0.05, 0) is 103 Å². The Morgan fingerprint density at radius 3 is 2.50 bits per heavy atom. The number of hydrogen-bond acceptors (Lipinski definition) is 6. The summed E-state index contributed by atoms with van der Waals surface area (Å²) >= 11 is 4.16. The first kappa shape index (κ1) is 29.2. The molecular formula is C30H29F4N5S. The SMILES string of the molecule is C=C(c1cc(C)ccn1)C1(Cc2ccnc(C(F)(F)F)c2)CC(C=N)=C(Nc2ccc(F)cc2)C=C1CCNS. The number of benzene rings is 1. The summed E-state index contributed by atoms with van der Waals surface area (Å²) in [6, 6.07) is 12.3. The Kier molecular flexibility index (Phi) is 8.90. The number of halogens is 4. The van der Waals surface area contributed by atoms with Crippen LogP contribution in [-0.2, 0) is 12.6 Å². The number of aromatic nitrogens is 2. The van der Waals surface area contributed by atoms with Gasteiger partial charge in [0.05, 0.1) is 5.69 Å². The molecule has 2 heterocycles. The van der Waals surface area contributed by atoms with Crippen molar-refractivity contribution in [2.45, 2.75) is 32.4 Å². The van der Waals surface area contributed by atoms with E-state index in [1.54, 1.807) is 24.4 Å². The Hall–Kier alpha value is -3.76. The Balaban J connectivity index is 1.87. The maximum Gasteiger partial charge on any atom is 0.433 e. The summed E-state index contributed by atoms with van der Waals surface area (Å²) in [4.78, 5) is 8.07. The van der Waals surface area contributed by atoms with Crippen molar-refractivity contribution in [2.24, 2.45) is 5.41 Å². The van der Waals surface area contributed by atoms with Crippen LogP contribution in [0.3, 0.4) is 0 Å². The van der Waals surface area contributed by atoms with E-state index in [0.29, 0.717) is 46.8 Å². The van der Waals surface area contributed by atoms with Gasteiger partial charge in [-0.15, -0.1) is 0 Å². The highest BCUT2D eigenvalue weighted by Gasteiger charge is 2.42. The van der Waals surface area contributed by atoms with E-state index >= 15 is 0 Å². The van der Waals surface area contributed by atoms with Crippen molar-refractivity contribution in [1.29, 1.82) is 5.41 Å². The van der Waals surface area contributed by atoms with E-state index < -0.39 is 17.3 Å². The molecule has 40 heavy (non-hydrogen) atoms. The second kappa shape index (κ2) is 12.2.